The summed E-state index contributed by atoms with van der Waals surface area (Å²) in [6.45, 7) is 4.51. The molecule has 0 aromatic rings. The van der Waals surface area contributed by atoms with Crippen molar-refractivity contribution in [1.29, 1.82) is 0 Å². The topological polar surface area (TPSA) is 30.5 Å². The lowest BCUT2D eigenvalue weighted by Gasteiger charge is -2.43. The molecule has 2 saturated heterocycles. The molecule has 0 radical (unpaired) electrons. The van der Waals surface area contributed by atoms with Crippen molar-refractivity contribution >= 4 is 0 Å². The first-order chi connectivity index (χ1) is 5.41. The average molecular weight is 157 g/mol. The highest BCUT2D eigenvalue weighted by molar-refractivity contribution is 4.94. The maximum absolute atomic E-state index is 5.72. The van der Waals surface area contributed by atoms with E-state index in [0.29, 0.717) is 0 Å². The number of nitrogens with one attached hydrogen (secondary N) is 1. The predicted octanol–water partition coefficient (Wildman–Crippen LogP) is 0.155. The van der Waals surface area contributed by atoms with E-state index in [9.17, 15) is 0 Å². The van der Waals surface area contributed by atoms with Crippen molar-refractivity contribution in [1.82, 2.24) is 5.32 Å². The molecule has 0 saturated carbocycles. The van der Waals surface area contributed by atoms with Crippen LogP contribution in [-0.2, 0) is 9.47 Å². The number of hydrogen-bond acceptors (Lipinski definition) is 3. The fraction of sp³-hybridized carbons (Fsp3) is 1.00. The van der Waals surface area contributed by atoms with Crippen LogP contribution in [0.5, 0.6) is 0 Å². The Labute approximate surface area is 67.1 Å². The molecule has 0 unspecified atom stereocenters. The molecule has 3 heteroatoms. The zero-order valence-electron chi connectivity index (χ0n) is 6.77. The highest BCUT2D eigenvalue weighted by atomic mass is 16.5. The highest BCUT2D eigenvalue weighted by Gasteiger charge is 2.37. The van der Waals surface area contributed by atoms with Crippen molar-refractivity contribution in [3.8, 4) is 0 Å². The molecular weight excluding hydrogens is 142 g/mol. The lowest BCUT2D eigenvalue weighted by Crippen LogP contribution is -2.61. The van der Waals surface area contributed by atoms with Gasteiger partial charge in [-0.2, -0.15) is 0 Å². The van der Waals surface area contributed by atoms with E-state index in [2.05, 4.69) is 5.32 Å². The van der Waals surface area contributed by atoms with E-state index in [0.717, 1.165) is 45.8 Å². The van der Waals surface area contributed by atoms with Gasteiger partial charge in [0.1, 0.15) is 0 Å². The number of ether oxygens (including phenoxy) is 2. The summed E-state index contributed by atoms with van der Waals surface area (Å²) in [6, 6.07) is 0. The second-order valence-corrected chi connectivity index (χ2v) is 3.35. The summed E-state index contributed by atoms with van der Waals surface area (Å²) < 4.78 is 11.0. The Morgan fingerprint density at radius 3 is 2.73 bits per heavy atom. The molecule has 0 aromatic heterocycles. The molecule has 0 atom stereocenters. The normalized spacial score (nSPS) is 30.5. The zero-order chi connectivity index (χ0) is 7.57. The minimum Gasteiger partial charge on any atom is -0.379 e. The van der Waals surface area contributed by atoms with Gasteiger partial charge in [-0.25, -0.2) is 0 Å². The molecular formula is C8H15NO2. The van der Waals surface area contributed by atoms with Crippen LogP contribution in [0.2, 0.25) is 0 Å². The Balaban J connectivity index is 1.86. The summed E-state index contributed by atoms with van der Waals surface area (Å²) in [5, 5.41) is 3.25. The second-order valence-electron chi connectivity index (χ2n) is 3.35. The maximum Gasteiger partial charge on any atom is 0.0931 e. The minimum absolute atomic E-state index is 0.184. The molecule has 3 nitrogen and oxygen atoms in total. The Morgan fingerprint density at radius 2 is 2.00 bits per heavy atom. The van der Waals surface area contributed by atoms with E-state index in [1.54, 1.807) is 0 Å². The monoisotopic (exact) mass is 157 g/mol. The van der Waals surface area contributed by atoms with Gasteiger partial charge in [0.05, 0.1) is 18.8 Å². The zero-order valence-corrected chi connectivity index (χ0v) is 6.77. The fourth-order valence-electron chi connectivity index (χ4n) is 1.67. The standard InChI is InChI=1S/C8H15NO2/c1-2-8(6-9-7-8)11-5-4-10-3-1/h9H,1-7H2. The molecule has 1 spiro atoms. The summed E-state index contributed by atoms with van der Waals surface area (Å²) in [5.74, 6) is 0. The largest absolute Gasteiger partial charge is 0.379 e. The molecule has 1 N–H and O–H groups in total. The van der Waals surface area contributed by atoms with Gasteiger partial charge in [0.15, 0.2) is 0 Å². The van der Waals surface area contributed by atoms with E-state index < -0.39 is 0 Å². The molecule has 2 rings (SSSR count). The van der Waals surface area contributed by atoms with Crippen molar-refractivity contribution in [2.24, 2.45) is 0 Å². The molecule has 0 aliphatic carbocycles. The SMILES string of the molecule is C1COCCOC2(C1)CNC2. The van der Waals surface area contributed by atoms with Gasteiger partial charge in [-0.15, -0.1) is 0 Å². The quantitative estimate of drug-likeness (QED) is 0.543. The van der Waals surface area contributed by atoms with Crippen molar-refractivity contribution in [2.75, 3.05) is 32.9 Å². The first-order valence-corrected chi connectivity index (χ1v) is 4.34. The van der Waals surface area contributed by atoms with Gasteiger partial charge in [0.25, 0.3) is 0 Å². The van der Waals surface area contributed by atoms with Crippen molar-refractivity contribution in [2.45, 2.75) is 18.4 Å². The van der Waals surface area contributed by atoms with Crippen LogP contribution in [0.4, 0.5) is 0 Å². The lowest BCUT2D eigenvalue weighted by molar-refractivity contribution is -0.118. The van der Waals surface area contributed by atoms with Crippen LogP contribution < -0.4 is 5.32 Å². The summed E-state index contributed by atoms with van der Waals surface area (Å²) in [4.78, 5) is 0. The maximum atomic E-state index is 5.72. The molecule has 0 bridgehead atoms. The van der Waals surface area contributed by atoms with E-state index >= 15 is 0 Å². The third-order valence-electron chi connectivity index (χ3n) is 2.45. The second kappa shape index (κ2) is 3.09. The highest BCUT2D eigenvalue weighted by Crippen LogP contribution is 2.23. The average Bonchev–Trinajstić information content (AvgIpc) is 1.82. The summed E-state index contributed by atoms with van der Waals surface area (Å²) in [7, 11) is 0. The van der Waals surface area contributed by atoms with Crippen molar-refractivity contribution in [3.63, 3.8) is 0 Å². The first kappa shape index (κ1) is 7.53. The van der Waals surface area contributed by atoms with Gasteiger partial charge in [-0.3, -0.25) is 0 Å². The van der Waals surface area contributed by atoms with Crippen LogP contribution in [0, 0.1) is 0 Å². The van der Waals surface area contributed by atoms with Crippen molar-refractivity contribution in [3.05, 3.63) is 0 Å². The van der Waals surface area contributed by atoms with Crippen LogP contribution in [0.25, 0.3) is 0 Å². The summed E-state index contributed by atoms with van der Waals surface area (Å²) >= 11 is 0. The van der Waals surface area contributed by atoms with E-state index in [1.165, 1.54) is 0 Å². The van der Waals surface area contributed by atoms with Crippen LogP contribution in [0.3, 0.4) is 0 Å². The molecule has 2 fully saturated rings. The van der Waals surface area contributed by atoms with Gasteiger partial charge in [-0.05, 0) is 12.8 Å². The fourth-order valence-corrected chi connectivity index (χ4v) is 1.67. The lowest BCUT2D eigenvalue weighted by atomic mass is 9.91. The van der Waals surface area contributed by atoms with E-state index in [1.807, 2.05) is 0 Å². The van der Waals surface area contributed by atoms with Gasteiger partial charge < -0.3 is 14.8 Å². The van der Waals surface area contributed by atoms with Gasteiger partial charge >= 0.3 is 0 Å². The Morgan fingerprint density at radius 1 is 1.09 bits per heavy atom. The third kappa shape index (κ3) is 1.55. The van der Waals surface area contributed by atoms with Crippen LogP contribution >= 0.6 is 0 Å². The van der Waals surface area contributed by atoms with Gasteiger partial charge in [-0.1, -0.05) is 0 Å². The molecule has 0 amide bonds. The summed E-state index contributed by atoms with van der Waals surface area (Å²) in [5.41, 5.74) is 0.184. The van der Waals surface area contributed by atoms with E-state index in [-0.39, 0.29) is 5.60 Å². The van der Waals surface area contributed by atoms with Crippen molar-refractivity contribution < 1.29 is 9.47 Å². The number of hydrogen-bond donors (Lipinski definition) is 1. The van der Waals surface area contributed by atoms with Gasteiger partial charge in [0.2, 0.25) is 0 Å². The summed E-state index contributed by atoms with van der Waals surface area (Å²) in [6.07, 6.45) is 2.29. The third-order valence-corrected chi connectivity index (χ3v) is 2.45. The smallest absolute Gasteiger partial charge is 0.0931 e. The minimum atomic E-state index is 0.184. The predicted molar refractivity (Wildman–Crippen MR) is 41.6 cm³/mol. The van der Waals surface area contributed by atoms with Gasteiger partial charge in [0, 0.05) is 19.7 Å². The van der Waals surface area contributed by atoms with Crippen LogP contribution in [0.15, 0.2) is 0 Å². The molecule has 2 aliphatic rings. The van der Waals surface area contributed by atoms with Crippen LogP contribution in [-0.4, -0.2) is 38.5 Å². The van der Waals surface area contributed by atoms with Crippen LogP contribution in [0.1, 0.15) is 12.8 Å². The molecule has 64 valence electrons. The first-order valence-electron chi connectivity index (χ1n) is 4.34. The molecule has 2 aliphatic heterocycles. The molecule has 2 heterocycles. The number of rotatable bonds is 0. The Hall–Kier alpha value is -0.120. The molecule has 0 aromatic carbocycles. The Bertz CT molecular complexity index is 124. The van der Waals surface area contributed by atoms with E-state index in [4.69, 9.17) is 9.47 Å². The molecule has 11 heavy (non-hydrogen) atoms. The Kier molecular flexibility index (Phi) is 2.11.